The van der Waals surface area contributed by atoms with Crippen LogP contribution in [0, 0.1) is 5.92 Å². The summed E-state index contributed by atoms with van der Waals surface area (Å²) in [6.07, 6.45) is 0.740. The van der Waals surface area contributed by atoms with Gasteiger partial charge in [-0.15, -0.1) is 0 Å². The molecule has 3 aromatic rings. The summed E-state index contributed by atoms with van der Waals surface area (Å²) in [4.78, 5) is 128. The summed E-state index contributed by atoms with van der Waals surface area (Å²) in [6, 6.07) is 5.71. The van der Waals surface area contributed by atoms with Gasteiger partial charge in [0.25, 0.3) is 5.56 Å². The number of primary amides is 1. The Morgan fingerprint density at radius 1 is 0.805 bits per heavy atom. The summed E-state index contributed by atoms with van der Waals surface area (Å²) in [7, 11) is 11.8. The van der Waals surface area contributed by atoms with Crippen LogP contribution in [0.15, 0.2) is 35.1 Å². The van der Waals surface area contributed by atoms with E-state index >= 15 is 0 Å². The Kier molecular flexibility index (Phi) is 23.5. The first-order valence-corrected chi connectivity index (χ1v) is 28.9. The molecule has 1 saturated heterocycles. The molecule has 6 rings (SSSR count). The third-order valence-corrected chi connectivity index (χ3v) is 16.0. The standard InChI is InChI=1S/C58H90N14O10/c1-11-39-40-16-13-14-17-44(40)63-52-41(39)34-72-47(52)32-43-42(54(72)77)37-81-57(80)58(43,12-2)82-56(79)51(38(3)4)64-53(76)46-18-15-21-71(46)55(78)45(33-48(60)73)62-50(75)36-70(10)31-29-68(8)27-25-66(6)23-20-61-49(74)35-69(9)30-28-67(7)26-24-65(5)22-19-59/h13-14,16-17,32,38,45-46,51H,11-12,15,18-31,33-37,59H2,1-10H3,(H2,60,73)(H,61,74)(H,62,75)(H,64,76)/t45-,46-,51-,58-/m0/s1. The van der Waals surface area contributed by atoms with Crippen LogP contribution in [-0.4, -0.2) is 244 Å². The molecule has 0 unspecified atom stereocenters. The summed E-state index contributed by atoms with van der Waals surface area (Å²) in [5.41, 5.74) is 13.0. The Balaban J connectivity index is 0.989. The second-order valence-electron chi connectivity index (χ2n) is 22.8. The van der Waals surface area contributed by atoms with Crippen LogP contribution < -0.4 is 33.0 Å². The van der Waals surface area contributed by atoms with Crippen molar-refractivity contribution in [3.8, 4) is 11.4 Å². The minimum absolute atomic E-state index is 0.0193. The maximum atomic E-state index is 14.5. The first kappa shape index (κ1) is 64.8. The predicted molar refractivity (Wildman–Crippen MR) is 312 cm³/mol. The van der Waals surface area contributed by atoms with Crippen LogP contribution in [0.5, 0.6) is 0 Å². The summed E-state index contributed by atoms with van der Waals surface area (Å²) in [6.45, 7) is 16.2. The van der Waals surface area contributed by atoms with Gasteiger partial charge in [0.15, 0.2) is 0 Å². The van der Waals surface area contributed by atoms with Crippen molar-refractivity contribution in [3.05, 3.63) is 62.9 Å². The van der Waals surface area contributed by atoms with Crippen molar-refractivity contribution in [1.82, 2.24) is 59.8 Å². The Morgan fingerprint density at radius 3 is 2.00 bits per heavy atom. The molecule has 3 aliphatic heterocycles. The summed E-state index contributed by atoms with van der Waals surface area (Å²) >= 11 is 0. The molecule has 3 aliphatic rings. The van der Waals surface area contributed by atoms with E-state index in [2.05, 4.69) is 49.6 Å². The average molecular weight is 1140 g/mol. The Hall–Kier alpha value is -6.41. The number of likely N-dealkylation sites (tertiary alicyclic amines) is 1. The lowest BCUT2D eigenvalue weighted by atomic mass is 9.85. The highest BCUT2D eigenvalue weighted by molar-refractivity contribution is 5.97. The number of benzene rings is 1. The van der Waals surface area contributed by atoms with E-state index in [0.717, 1.165) is 67.8 Å². The van der Waals surface area contributed by atoms with E-state index < -0.39 is 71.6 Å². The third-order valence-electron chi connectivity index (χ3n) is 16.0. The van der Waals surface area contributed by atoms with Gasteiger partial charge in [-0.1, -0.05) is 45.9 Å². The first-order valence-electron chi connectivity index (χ1n) is 28.9. The van der Waals surface area contributed by atoms with E-state index in [0.29, 0.717) is 63.5 Å². The molecule has 0 saturated carbocycles. The van der Waals surface area contributed by atoms with Gasteiger partial charge in [0.1, 0.15) is 24.7 Å². The number of rotatable bonds is 32. The maximum absolute atomic E-state index is 14.5. The molecule has 1 aromatic carbocycles. The van der Waals surface area contributed by atoms with Crippen LogP contribution >= 0.6 is 0 Å². The van der Waals surface area contributed by atoms with Crippen LogP contribution in [0.2, 0.25) is 0 Å². The van der Waals surface area contributed by atoms with Crippen LogP contribution in [0.25, 0.3) is 22.3 Å². The molecule has 4 atom stereocenters. The number of amides is 5. The van der Waals surface area contributed by atoms with Crippen LogP contribution in [-0.2, 0) is 68.2 Å². The van der Waals surface area contributed by atoms with E-state index in [1.807, 2.05) is 57.2 Å². The van der Waals surface area contributed by atoms with Crippen molar-refractivity contribution >= 4 is 52.4 Å². The SMILES string of the molecule is CCc1c2c(nc3ccccc13)-c1cc3c(c(=O)n1C2)COC(=O)[C@@]3(CC)OC(=O)[C@@H](NC(=O)[C@@H]1CCCN1C(=O)[C@H](CC(N)=O)NC(=O)CN(C)CCN(C)CCN(C)CCNC(=O)CN(C)CCN(C)CCN(C)CCN)C(C)C. The van der Waals surface area contributed by atoms with E-state index in [1.54, 1.807) is 43.4 Å². The molecule has 24 nitrogen and oxygen atoms in total. The maximum Gasteiger partial charge on any atom is 0.355 e. The number of hydrogen-bond donors (Lipinski definition) is 5. The van der Waals surface area contributed by atoms with E-state index in [-0.39, 0.29) is 61.7 Å². The summed E-state index contributed by atoms with van der Waals surface area (Å²) in [5.74, 6) is -5.09. The molecule has 0 bridgehead atoms. The predicted octanol–water partition coefficient (Wildman–Crippen LogP) is -0.649. The largest absolute Gasteiger partial charge is 0.457 e. The minimum atomic E-state index is -2.04. The van der Waals surface area contributed by atoms with Crippen LogP contribution in [0.4, 0.5) is 0 Å². The summed E-state index contributed by atoms with van der Waals surface area (Å²) < 4.78 is 13.4. The number of pyridine rings is 2. The molecule has 452 valence electrons. The highest BCUT2D eigenvalue weighted by atomic mass is 16.6. The summed E-state index contributed by atoms with van der Waals surface area (Å²) in [5, 5.41) is 9.46. The fraction of sp³-hybridized carbons (Fsp3) is 0.638. The number of cyclic esters (lactones) is 1. The lowest BCUT2D eigenvalue weighted by Gasteiger charge is -2.37. The zero-order valence-electron chi connectivity index (χ0n) is 50.0. The molecular weight excluding hydrogens is 1050 g/mol. The molecule has 5 heterocycles. The van der Waals surface area contributed by atoms with Crippen LogP contribution in [0.3, 0.4) is 0 Å². The first-order chi connectivity index (χ1) is 39.0. The van der Waals surface area contributed by atoms with Crippen molar-refractivity contribution < 1.29 is 43.0 Å². The second kappa shape index (κ2) is 29.7. The van der Waals surface area contributed by atoms with Crippen molar-refractivity contribution in [2.45, 2.75) is 96.7 Å². The third kappa shape index (κ3) is 16.2. The smallest absolute Gasteiger partial charge is 0.355 e. The number of carbonyl (C=O) groups is 7. The van der Waals surface area contributed by atoms with Crippen molar-refractivity contribution in [1.29, 1.82) is 0 Å². The lowest BCUT2D eigenvalue weighted by Crippen LogP contribution is -2.58. The van der Waals surface area contributed by atoms with Crippen molar-refractivity contribution in [3.63, 3.8) is 0 Å². The number of aryl methyl sites for hydroxylation is 1. The Labute approximate surface area is 482 Å². The van der Waals surface area contributed by atoms with E-state index in [4.69, 9.17) is 25.9 Å². The number of hydrogen-bond acceptors (Lipinski definition) is 18. The second-order valence-corrected chi connectivity index (χ2v) is 22.8. The van der Waals surface area contributed by atoms with Gasteiger partial charge in [0.05, 0.1) is 48.5 Å². The van der Waals surface area contributed by atoms with Gasteiger partial charge in [-0.2, -0.15) is 0 Å². The Morgan fingerprint density at radius 2 is 1.40 bits per heavy atom. The molecule has 1 fully saturated rings. The molecule has 7 N–H and O–H groups in total. The number of likely N-dealkylation sites (N-methyl/N-ethyl adjacent to an activating group) is 6. The number of fused-ring (bicyclic) bond motifs is 5. The lowest BCUT2D eigenvalue weighted by molar-refractivity contribution is -0.191. The van der Waals surface area contributed by atoms with Gasteiger partial charge in [0, 0.05) is 102 Å². The highest BCUT2D eigenvalue weighted by Crippen LogP contribution is 2.42. The molecule has 0 radical (unpaired) electrons. The van der Waals surface area contributed by atoms with Crippen molar-refractivity contribution in [2.24, 2.45) is 17.4 Å². The van der Waals surface area contributed by atoms with Crippen molar-refractivity contribution in [2.75, 3.05) is 140 Å². The van der Waals surface area contributed by atoms with Gasteiger partial charge >= 0.3 is 11.9 Å². The van der Waals surface area contributed by atoms with Gasteiger partial charge in [0.2, 0.25) is 35.1 Å². The molecule has 24 heteroatoms. The number of nitrogens with two attached hydrogens (primary N) is 2. The molecule has 5 amide bonds. The molecular formula is C58H90N14O10. The van der Waals surface area contributed by atoms with E-state index in [9.17, 15) is 38.4 Å². The molecule has 0 spiro atoms. The van der Waals surface area contributed by atoms with Crippen LogP contribution in [0.1, 0.15) is 75.6 Å². The van der Waals surface area contributed by atoms with Gasteiger partial charge in [-0.05, 0) is 91.6 Å². The number of para-hydroxylation sites is 1. The molecule has 2 aromatic heterocycles. The fourth-order valence-electron chi connectivity index (χ4n) is 10.9. The van der Waals surface area contributed by atoms with Gasteiger partial charge < -0.3 is 66.0 Å². The number of carbonyl (C=O) groups excluding carboxylic acids is 7. The number of nitrogens with one attached hydrogen (secondary N) is 3. The quantitative estimate of drug-likeness (QED) is 0.0380. The fourth-order valence-corrected chi connectivity index (χ4v) is 10.9. The number of esters is 2. The van der Waals surface area contributed by atoms with E-state index in [1.165, 1.54) is 4.90 Å². The highest BCUT2D eigenvalue weighted by Gasteiger charge is 2.52. The monoisotopic (exact) mass is 1140 g/mol. The Bertz CT molecular complexity index is 2830. The van der Waals surface area contributed by atoms with Gasteiger partial charge in [-0.25, -0.2) is 14.6 Å². The average Bonchev–Trinajstić information content (AvgIpc) is 3.45. The normalized spacial score (nSPS) is 17.4. The molecule has 82 heavy (non-hydrogen) atoms. The number of ether oxygens (including phenoxy) is 2. The number of nitrogens with zero attached hydrogens (tertiary/aromatic N) is 9. The topological polar surface area (TPSA) is 284 Å². The zero-order chi connectivity index (χ0) is 60.0. The molecule has 0 aliphatic carbocycles. The van der Waals surface area contributed by atoms with Gasteiger partial charge in [-0.3, -0.25) is 38.6 Å². The number of aromatic nitrogens is 2. The zero-order valence-corrected chi connectivity index (χ0v) is 50.0. The minimum Gasteiger partial charge on any atom is -0.457 e.